The number of amides is 3. The molecular weight excluding hydrogens is 482 g/mol. The Morgan fingerprint density at radius 3 is 2.32 bits per heavy atom. The van der Waals surface area contributed by atoms with Crippen LogP contribution in [0.1, 0.15) is 24.0 Å². The van der Waals surface area contributed by atoms with Gasteiger partial charge in [-0.25, -0.2) is 4.79 Å². The number of rotatable bonds is 9. The molecule has 0 aromatic heterocycles. The molecule has 0 saturated carbocycles. The van der Waals surface area contributed by atoms with Crippen LogP contribution in [0.3, 0.4) is 0 Å². The molecule has 1 spiro atoms. The molecule has 3 aromatic carbocycles. The van der Waals surface area contributed by atoms with E-state index in [2.05, 4.69) is 23.1 Å². The van der Waals surface area contributed by atoms with Gasteiger partial charge < -0.3 is 19.1 Å². The highest BCUT2D eigenvalue weighted by atomic mass is 16.5. The molecule has 0 N–H and O–H groups in total. The third-order valence-electron chi connectivity index (χ3n) is 7.89. The number of ether oxygens (including phenoxy) is 3. The number of benzene rings is 3. The maximum Gasteiger partial charge on any atom is 0.328 e. The quantitative estimate of drug-likeness (QED) is 0.394. The van der Waals surface area contributed by atoms with Crippen LogP contribution in [0.2, 0.25) is 0 Å². The molecule has 2 saturated heterocycles. The van der Waals surface area contributed by atoms with Crippen molar-refractivity contribution in [2.45, 2.75) is 31.5 Å². The number of urea groups is 1. The van der Waals surface area contributed by atoms with Crippen molar-refractivity contribution in [3.63, 3.8) is 0 Å². The number of imide groups is 1. The first kappa shape index (κ1) is 26.0. The van der Waals surface area contributed by atoms with Crippen molar-refractivity contribution in [3.8, 4) is 11.5 Å². The van der Waals surface area contributed by atoms with E-state index in [0.29, 0.717) is 31.7 Å². The molecule has 200 valence electrons. The second-order valence-corrected chi connectivity index (χ2v) is 9.95. The third kappa shape index (κ3) is 4.70. The highest BCUT2D eigenvalue weighted by Crippen LogP contribution is 2.39. The average Bonchev–Trinajstić information content (AvgIpc) is 3.14. The van der Waals surface area contributed by atoms with Gasteiger partial charge in [0.1, 0.15) is 17.0 Å². The molecule has 8 heteroatoms. The Kier molecular flexibility index (Phi) is 7.53. The molecule has 2 fully saturated rings. The molecule has 0 bridgehead atoms. The summed E-state index contributed by atoms with van der Waals surface area (Å²) in [5.41, 5.74) is 1.24. The second-order valence-electron chi connectivity index (χ2n) is 9.95. The van der Waals surface area contributed by atoms with E-state index in [1.165, 1.54) is 15.8 Å². The molecule has 2 aliphatic heterocycles. The van der Waals surface area contributed by atoms with Gasteiger partial charge in [-0.1, -0.05) is 42.5 Å². The van der Waals surface area contributed by atoms with E-state index in [0.717, 1.165) is 36.3 Å². The Bertz CT molecular complexity index is 1320. The van der Waals surface area contributed by atoms with Gasteiger partial charge >= 0.3 is 6.03 Å². The lowest BCUT2D eigenvalue weighted by Crippen LogP contribution is -2.57. The maximum atomic E-state index is 13.9. The van der Waals surface area contributed by atoms with Crippen LogP contribution in [-0.4, -0.2) is 79.7 Å². The predicted octanol–water partition coefficient (Wildman–Crippen LogP) is 4.30. The van der Waals surface area contributed by atoms with E-state index in [4.69, 9.17) is 14.2 Å². The van der Waals surface area contributed by atoms with E-state index >= 15 is 0 Å². The standard InChI is InChI=1S/C30H35N3O5/c1-36-18-17-33-29(35)32(20-22-7-6-8-24(19-22)37-2)28(34)30(33)13-15-31(16-14-30)21-23-11-12-27(38-3)26-10-5-4-9-25(23)26/h4-12,19H,13-18,20-21H2,1-3H3. The van der Waals surface area contributed by atoms with Crippen molar-refractivity contribution >= 4 is 22.7 Å². The molecular formula is C30H35N3O5. The van der Waals surface area contributed by atoms with Gasteiger partial charge in [0.05, 0.1) is 27.4 Å². The van der Waals surface area contributed by atoms with Gasteiger partial charge in [-0.15, -0.1) is 0 Å². The van der Waals surface area contributed by atoms with Crippen molar-refractivity contribution in [1.82, 2.24) is 14.7 Å². The van der Waals surface area contributed by atoms with Crippen LogP contribution in [0.4, 0.5) is 4.79 Å². The minimum atomic E-state index is -0.840. The van der Waals surface area contributed by atoms with E-state index in [1.54, 1.807) is 26.2 Å². The Labute approximate surface area is 223 Å². The zero-order valence-corrected chi connectivity index (χ0v) is 22.3. The second kappa shape index (κ2) is 11.0. The SMILES string of the molecule is COCCN1C(=O)N(Cc2cccc(OC)c2)C(=O)C12CCN(Cc1ccc(OC)c3ccccc13)CC2. The summed E-state index contributed by atoms with van der Waals surface area (Å²) in [6.45, 7) is 3.20. The van der Waals surface area contributed by atoms with Gasteiger partial charge in [-0.05, 0) is 47.6 Å². The average molecular weight is 518 g/mol. The van der Waals surface area contributed by atoms with E-state index in [1.807, 2.05) is 42.5 Å². The van der Waals surface area contributed by atoms with Crippen LogP contribution in [0.5, 0.6) is 11.5 Å². The fourth-order valence-electron chi connectivity index (χ4n) is 5.82. The lowest BCUT2D eigenvalue weighted by molar-refractivity contribution is -0.136. The Morgan fingerprint density at radius 2 is 1.61 bits per heavy atom. The molecule has 3 aromatic rings. The first-order valence-electron chi connectivity index (χ1n) is 13.0. The molecule has 38 heavy (non-hydrogen) atoms. The van der Waals surface area contributed by atoms with Gasteiger partial charge in [0.25, 0.3) is 5.91 Å². The van der Waals surface area contributed by atoms with E-state index in [9.17, 15) is 9.59 Å². The Hall–Kier alpha value is -3.62. The topological polar surface area (TPSA) is 71.6 Å². The number of carbonyl (C=O) groups excluding carboxylic acids is 2. The summed E-state index contributed by atoms with van der Waals surface area (Å²) in [4.78, 5) is 33.0. The van der Waals surface area contributed by atoms with Gasteiger partial charge in [-0.2, -0.15) is 0 Å². The zero-order valence-electron chi connectivity index (χ0n) is 22.3. The first-order chi connectivity index (χ1) is 18.5. The number of carbonyl (C=O) groups is 2. The van der Waals surface area contributed by atoms with Crippen LogP contribution in [0.25, 0.3) is 10.8 Å². The van der Waals surface area contributed by atoms with E-state index in [-0.39, 0.29) is 18.5 Å². The fourth-order valence-corrected chi connectivity index (χ4v) is 5.82. The number of methoxy groups -OCH3 is 3. The lowest BCUT2D eigenvalue weighted by Gasteiger charge is -2.42. The number of piperidine rings is 1. The van der Waals surface area contributed by atoms with Crippen molar-refractivity contribution in [3.05, 3.63) is 71.8 Å². The molecule has 0 unspecified atom stereocenters. The van der Waals surface area contributed by atoms with Crippen molar-refractivity contribution in [2.24, 2.45) is 0 Å². The number of hydrogen-bond donors (Lipinski definition) is 0. The van der Waals surface area contributed by atoms with Gasteiger partial charge in [0.15, 0.2) is 0 Å². The summed E-state index contributed by atoms with van der Waals surface area (Å²) in [7, 11) is 4.92. The third-order valence-corrected chi connectivity index (χ3v) is 7.89. The zero-order chi connectivity index (χ0) is 26.7. The Morgan fingerprint density at radius 1 is 0.842 bits per heavy atom. The summed E-state index contributed by atoms with van der Waals surface area (Å²) >= 11 is 0. The largest absolute Gasteiger partial charge is 0.497 e. The number of fused-ring (bicyclic) bond motifs is 1. The smallest absolute Gasteiger partial charge is 0.328 e. The molecule has 3 amide bonds. The van der Waals surface area contributed by atoms with Gasteiger partial charge in [-0.3, -0.25) is 14.6 Å². The highest BCUT2D eigenvalue weighted by molar-refractivity contribution is 6.07. The van der Waals surface area contributed by atoms with Crippen LogP contribution >= 0.6 is 0 Å². The molecule has 2 heterocycles. The minimum Gasteiger partial charge on any atom is -0.497 e. The van der Waals surface area contributed by atoms with Gasteiger partial charge in [0.2, 0.25) is 0 Å². The normalized spacial score (nSPS) is 17.6. The predicted molar refractivity (Wildman–Crippen MR) is 145 cm³/mol. The molecule has 8 nitrogen and oxygen atoms in total. The van der Waals surface area contributed by atoms with Crippen LogP contribution < -0.4 is 9.47 Å². The summed E-state index contributed by atoms with van der Waals surface area (Å²) in [5, 5.41) is 2.27. The summed E-state index contributed by atoms with van der Waals surface area (Å²) in [6, 6.07) is 19.7. The summed E-state index contributed by atoms with van der Waals surface area (Å²) in [5.74, 6) is 1.45. The maximum absolute atomic E-state index is 13.9. The lowest BCUT2D eigenvalue weighted by atomic mass is 9.85. The van der Waals surface area contributed by atoms with Gasteiger partial charge in [0, 0.05) is 38.7 Å². The van der Waals surface area contributed by atoms with Crippen molar-refractivity contribution in [1.29, 1.82) is 0 Å². The Balaban J connectivity index is 1.35. The molecule has 2 aliphatic rings. The van der Waals surface area contributed by atoms with Crippen LogP contribution in [-0.2, 0) is 22.6 Å². The van der Waals surface area contributed by atoms with E-state index < -0.39 is 5.54 Å². The molecule has 0 radical (unpaired) electrons. The fraction of sp³-hybridized carbons (Fsp3) is 0.400. The number of likely N-dealkylation sites (tertiary alicyclic amines) is 1. The van der Waals surface area contributed by atoms with Crippen LogP contribution in [0.15, 0.2) is 60.7 Å². The monoisotopic (exact) mass is 517 g/mol. The number of hydrogen-bond acceptors (Lipinski definition) is 6. The van der Waals surface area contributed by atoms with Crippen molar-refractivity contribution < 1.29 is 23.8 Å². The number of nitrogens with zero attached hydrogens (tertiary/aromatic N) is 3. The molecule has 0 aliphatic carbocycles. The van der Waals surface area contributed by atoms with Crippen molar-refractivity contribution in [2.75, 3.05) is 47.6 Å². The molecule has 5 rings (SSSR count). The molecule has 0 atom stereocenters. The van der Waals surface area contributed by atoms with Crippen LogP contribution in [0, 0.1) is 0 Å². The summed E-state index contributed by atoms with van der Waals surface area (Å²) in [6.07, 6.45) is 1.17. The first-order valence-corrected chi connectivity index (χ1v) is 13.0. The minimum absolute atomic E-state index is 0.115. The summed E-state index contributed by atoms with van der Waals surface area (Å²) < 4.78 is 16.2. The highest BCUT2D eigenvalue weighted by Gasteiger charge is 2.57.